The van der Waals surface area contributed by atoms with Crippen LogP contribution in [0.5, 0.6) is 5.75 Å². The molecule has 3 heterocycles. The van der Waals surface area contributed by atoms with Gasteiger partial charge < -0.3 is 4.74 Å². The van der Waals surface area contributed by atoms with Crippen molar-refractivity contribution < 1.29 is 4.74 Å². The SMILES string of the molecule is COc1ccc(Br)cc1-c1ccc(CN2CCc3nc(-c4ccc(Cl)cc4)ncc3C2)cn1. The van der Waals surface area contributed by atoms with Crippen molar-refractivity contribution in [1.29, 1.82) is 0 Å². The number of aromatic nitrogens is 3. The van der Waals surface area contributed by atoms with E-state index in [1.807, 2.05) is 54.9 Å². The van der Waals surface area contributed by atoms with Crippen LogP contribution < -0.4 is 4.74 Å². The van der Waals surface area contributed by atoms with E-state index in [9.17, 15) is 0 Å². The molecule has 0 unspecified atom stereocenters. The second-order valence-corrected chi connectivity index (χ2v) is 9.38. The van der Waals surface area contributed by atoms with Crippen LogP contribution >= 0.6 is 27.5 Å². The Hall–Kier alpha value is -2.80. The van der Waals surface area contributed by atoms with E-state index in [-0.39, 0.29) is 0 Å². The number of fused-ring (bicyclic) bond motifs is 1. The summed E-state index contributed by atoms with van der Waals surface area (Å²) < 4.78 is 6.49. The van der Waals surface area contributed by atoms with E-state index in [2.05, 4.69) is 37.9 Å². The first kappa shape index (κ1) is 22.0. The molecule has 5 nitrogen and oxygen atoms in total. The van der Waals surface area contributed by atoms with Gasteiger partial charge in [-0.2, -0.15) is 0 Å². The highest BCUT2D eigenvalue weighted by Gasteiger charge is 2.19. The van der Waals surface area contributed by atoms with Crippen molar-refractivity contribution in [3.8, 4) is 28.4 Å². The van der Waals surface area contributed by atoms with Crippen molar-refractivity contribution >= 4 is 27.5 Å². The summed E-state index contributed by atoms with van der Waals surface area (Å²) in [6, 6.07) is 17.8. The van der Waals surface area contributed by atoms with E-state index in [4.69, 9.17) is 26.3 Å². The molecule has 0 amide bonds. The third-order valence-corrected chi connectivity index (χ3v) is 6.53. The predicted octanol–water partition coefficient (Wildman–Crippen LogP) is 6.19. The van der Waals surface area contributed by atoms with Gasteiger partial charge in [-0.15, -0.1) is 0 Å². The molecule has 0 bridgehead atoms. The van der Waals surface area contributed by atoms with Crippen LogP contribution in [0.25, 0.3) is 22.6 Å². The molecule has 0 N–H and O–H groups in total. The molecule has 4 aromatic rings. The summed E-state index contributed by atoms with van der Waals surface area (Å²) in [6.07, 6.45) is 4.81. The molecule has 7 heteroatoms. The molecule has 166 valence electrons. The molecular weight excluding hydrogens is 500 g/mol. The molecule has 0 spiro atoms. The van der Waals surface area contributed by atoms with Crippen molar-refractivity contribution in [3.63, 3.8) is 0 Å². The fourth-order valence-corrected chi connectivity index (χ4v) is 4.55. The number of nitrogens with zero attached hydrogens (tertiary/aromatic N) is 4. The van der Waals surface area contributed by atoms with Crippen LogP contribution in [0.2, 0.25) is 5.02 Å². The molecule has 2 aromatic carbocycles. The van der Waals surface area contributed by atoms with Gasteiger partial charge in [0.25, 0.3) is 0 Å². The van der Waals surface area contributed by atoms with Crippen molar-refractivity contribution in [1.82, 2.24) is 19.9 Å². The van der Waals surface area contributed by atoms with Crippen LogP contribution in [0.15, 0.2) is 71.5 Å². The number of hydrogen-bond acceptors (Lipinski definition) is 5. The number of benzene rings is 2. The smallest absolute Gasteiger partial charge is 0.159 e. The molecule has 33 heavy (non-hydrogen) atoms. The van der Waals surface area contributed by atoms with Gasteiger partial charge in [0.2, 0.25) is 0 Å². The Morgan fingerprint density at radius 3 is 2.64 bits per heavy atom. The van der Waals surface area contributed by atoms with Gasteiger partial charge in [-0.25, -0.2) is 9.97 Å². The van der Waals surface area contributed by atoms with Gasteiger partial charge in [-0.1, -0.05) is 33.6 Å². The van der Waals surface area contributed by atoms with Gasteiger partial charge in [0.05, 0.1) is 18.5 Å². The zero-order valence-corrected chi connectivity index (χ0v) is 20.5. The van der Waals surface area contributed by atoms with Crippen LogP contribution in [0, 0.1) is 0 Å². The lowest BCUT2D eigenvalue weighted by molar-refractivity contribution is 0.242. The predicted molar refractivity (Wildman–Crippen MR) is 134 cm³/mol. The van der Waals surface area contributed by atoms with Gasteiger partial charge in [0.15, 0.2) is 5.82 Å². The monoisotopic (exact) mass is 520 g/mol. The van der Waals surface area contributed by atoms with Crippen LogP contribution in [0.4, 0.5) is 0 Å². The minimum atomic E-state index is 0.714. The molecule has 0 radical (unpaired) electrons. The Kier molecular flexibility index (Phi) is 6.40. The maximum atomic E-state index is 6.00. The van der Waals surface area contributed by atoms with E-state index < -0.39 is 0 Å². The van der Waals surface area contributed by atoms with Crippen LogP contribution in [0.1, 0.15) is 16.8 Å². The van der Waals surface area contributed by atoms with Gasteiger partial charge >= 0.3 is 0 Å². The number of ether oxygens (including phenoxy) is 1. The van der Waals surface area contributed by atoms with Crippen LogP contribution in [0.3, 0.4) is 0 Å². The normalized spacial score (nSPS) is 13.5. The van der Waals surface area contributed by atoms with E-state index in [0.717, 1.165) is 64.6 Å². The molecule has 0 saturated heterocycles. The second kappa shape index (κ2) is 9.59. The summed E-state index contributed by atoms with van der Waals surface area (Å²) in [5.41, 5.74) is 6.33. The highest BCUT2D eigenvalue weighted by atomic mass is 79.9. The van der Waals surface area contributed by atoms with Gasteiger partial charge in [0.1, 0.15) is 5.75 Å². The van der Waals surface area contributed by atoms with Crippen LogP contribution in [-0.4, -0.2) is 33.5 Å². The van der Waals surface area contributed by atoms with Gasteiger partial charge in [-0.05, 0) is 54.1 Å². The minimum absolute atomic E-state index is 0.714. The maximum absolute atomic E-state index is 6.00. The Bertz CT molecular complexity index is 1280. The average molecular weight is 522 g/mol. The fourth-order valence-electron chi connectivity index (χ4n) is 4.06. The molecule has 0 aliphatic carbocycles. The Balaban J connectivity index is 1.28. The zero-order chi connectivity index (χ0) is 22.8. The summed E-state index contributed by atoms with van der Waals surface area (Å²) in [6.45, 7) is 2.62. The number of pyridine rings is 1. The summed E-state index contributed by atoms with van der Waals surface area (Å²) in [5, 5.41) is 0.714. The Morgan fingerprint density at radius 2 is 1.88 bits per heavy atom. The molecule has 1 aliphatic heterocycles. The molecule has 0 fully saturated rings. The lowest BCUT2D eigenvalue weighted by atomic mass is 10.1. The third kappa shape index (κ3) is 4.93. The highest BCUT2D eigenvalue weighted by Crippen LogP contribution is 2.31. The van der Waals surface area contributed by atoms with Gasteiger partial charge in [-0.3, -0.25) is 9.88 Å². The summed E-state index contributed by atoms with van der Waals surface area (Å²) in [5.74, 6) is 1.56. The first-order valence-corrected chi connectivity index (χ1v) is 11.9. The standard InChI is InChI=1S/C26H22BrClN4O/c1-33-25-9-5-20(27)12-22(25)24-8-2-17(13-29-24)15-32-11-10-23-19(16-32)14-30-26(31-23)18-3-6-21(28)7-4-18/h2-9,12-14H,10-11,15-16H2,1H3. The van der Waals surface area contributed by atoms with Gasteiger partial charge in [0, 0.05) is 64.6 Å². The maximum Gasteiger partial charge on any atom is 0.159 e. The largest absolute Gasteiger partial charge is 0.496 e. The van der Waals surface area contributed by atoms with Crippen molar-refractivity contribution in [2.45, 2.75) is 19.5 Å². The number of halogens is 2. The molecule has 0 atom stereocenters. The Labute approximate surface area is 206 Å². The van der Waals surface area contributed by atoms with Crippen LogP contribution in [-0.2, 0) is 19.5 Å². The second-order valence-electron chi connectivity index (χ2n) is 8.03. The first-order chi connectivity index (χ1) is 16.1. The van der Waals surface area contributed by atoms with E-state index >= 15 is 0 Å². The first-order valence-electron chi connectivity index (χ1n) is 10.7. The zero-order valence-electron chi connectivity index (χ0n) is 18.1. The quantitative estimate of drug-likeness (QED) is 0.313. The highest BCUT2D eigenvalue weighted by molar-refractivity contribution is 9.10. The molecule has 2 aromatic heterocycles. The summed E-state index contributed by atoms with van der Waals surface area (Å²) in [4.78, 5) is 16.5. The molecule has 0 saturated carbocycles. The van der Waals surface area contributed by atoms with E-state index in [1.165, 1.54) is 11.1 Å². The molecule has 1 aliphatic rings. The summed E-state index contributed by atoms with van der Waals surface area (Å²) in [7, 11) is 1.68. The van der Waals surface area contributed by atoms with Crippen molar-refractivity contribution in [2.75, 3.05) is 13.7 Å². The van der Waals surface area contributed by atoms with E-state index in [1.54, 1.807) is 7.11 Å². The molecular formula is C26H22BrClN4O. The summed E-state index contributed by atoms with van der Waals surface area (Å²) >= 11 is 9.53. The number of methoxy groups -OCH3 is 1. The fraction of sp³-hybridized carbons (Fsp3) is 0.192. The lowest BCUT2D eigenvalue weighted by Crippen LogP contribution is -2.31. The van der Waals surface area contributed by atoms with Crippen molar-refractivity contribution in [2.24, 2.45) is 0 Å². The third-order valence-electron chi connectivity index (χ3n) is 5.78. The Morgan fingerprint density at radius 1 is 1.03 bits per heavy atom. The van der Waals surface area contributed by atoms with Crippen molar-refractivity contribution in [3.05, 3.63) is 93.3 Å². The average Bonchev–Trinajstić information content (AvgIpc) is 2.85. The number of hydrogen-bond donors (Lipinski definition) is 0. The lowest BCUT2D eigenvalue weighted by Gasteiger charge is -2.28. The molecule has 5 rings (SSSR count). The van der Waals surface area contributed by atoms with E-state index in [0.29, 0.717) is 5.02 Å². The topological polar surface area (TPSA) is 51.1 Å². The number of rotatable bonds is 5. The minimum Gasteiger partial charge on any atom is -0.496 e.